The van der Waals surface area contributed by atoms with Crippen LogP contribution in [0, 0.1) is 0 Å². The SMILES string of the molecule is NC1CCN(C(C(=O)Nc2ccc3[nH]nc(-c4cccc(S(N)(=O)=O)c4)c3c2)c2ccccc2)CC1. The number of amides is 1. The number of primary sulfonamides is 1. The third-order valence-corrected chi connectivity index (χ3v) is 7.48. The molecule has 1 aliphatic heterocycles. The molecule has 1 amide bonds. The number of sulfonamides is 1. The molecule has 1 unspecified atom stereocenters. The van der Waals surface area contributed by atoms with Crippen molar-refractivity contribution in [1.82, 2.24) is 15.1 Å². The van der Waals surface area contributed by atoms with Gasteiger partial charge in [0.15, 0.2) is 0 Å². The fourth-order valence-electron chi connectivity index (χ4n) is 4.68. The minimum Gasteiger partial charge on any atom is -0.328 e. The Labute approximate surface area is 209 Å². The molecule has 4 aromatic rings. The second-order valence-electron chi connectivity index (χ2n) is 9.08. The Morgan fingerprint density at radius 1 is 1.03 bits per heavy atom. The molecule has 0 saturated carbocycles. The van der Waals surface area contributed by atoms with Crippen molar-refractivity contribution in [3.8, 4) is 11.3 Å². The first-order valence-corrected chi connectivity index (χ1v) is 13.3. The van der Waals surface area contributed by atoms with Crippen LogP contribution in [-0.4, -0.2) is 48.6 Å². The Balaban J connectivity index is 1.46. The van der Waals surface area contributed by atoms with Crippen molar-refractivity contribution < 1.29 is 13.2 Å². The van der Waals surface area contributed by atoms with E-state index in [4.69, 9.17) is 10.9 Å². The first-order valence-electron chi connectivity index (χ1n) is 11.8. The summed E-state index contributed by atoms with van der Waals surface area (Å²) in [5.74, 6) is -0.128. The van der Waals surface area contributed by atoms with Gasteiger partial charge in [0.05, 0.1) is 10.4 Å². The van der Waals surface area contributed by atoms with Gasteiger partial charge < -0.3 is 11.1 Å². The summed E-state index contributed by atoms with van der Waals surface area (Å²) in [5.41, 5.74) is 9.57. The zero-order valence-corrected chi connectivity index (χ0v) is 20.4. The first-order chi connectivity index (χ1) is 17.3. The van der Waals surface area contributed by atoms with Crippen LogP contribution in [0.2, 0.25) is 0 Å². The lowest BCUT2D eigenvalue weighted by atomic mass is 9.99. The van der Waals surface area contributed by atoms with Crippen LogP contribution in [0.15, 0.2) is 77.7 Å². The topological polar surface area (TPSA) is 147 Å². The number of hydrogen-bond acceptors (Lipinski definition) is 6. The molecular formula is C26H28N6O3S. The summed E-state index contributed by atoms with van der Waals surface area (Å²) in [7, 11) is -3.85. The lowest BCUT2D eigenvalue weighted by Gasteiger charge is -2.36. The van der Waals surface area contributed by atoms with Crippen molar-refractivity contribution in [2.24, 2.45) is 10.9 Å². The third kappa shape index (κ3) is 5.02. The van der Waals surface area contributed by atoms with Crippen molar-refractivity contribution in [3.05, 3.63) is 78.4 Å². The van der Waals surface area contributed by atoms with Gasteiger partial charge in [0, 0.05) is 35.8 Å². The molecule has 36 heavy (non-hydrogen) atoms. The maximum Gasteiger partial charge on any atom is 0.246 e. The van der Waals surface area contributed by atoms with Gasteiger partial charge in [-0.1, -0.05) is 42.5 Å². The molecule has 186 valence electrons. The predicted octanol–water partition coefficient (Wildman–Crippen LogP) is 2.98. The van der Waals surface area contributed by atoms with Gasteiger partial charge in [-0.05, 0) is 48.7 Å². The van der Waals surface area contributed by atoms with E-state index in [0.717, 1.165) is 42.4 Å². The summed E-state index contributed by atoms with van der Waals surface area (Å²) < 4.78 is 23.6. The highest BCUT2D eigenvalue weighted by atomic mass is 32.2. The second kappa shape index (κ2) is 9.82. The minimum atomic E-state index is -3.85. The smallest absolute Gasteiger partial charge is 0.246 e. The Morgan fingerprint density at radius 3 is 2.50 bits per heavy atom. The molecule has 2 heterocycles. The summed E-state index contributed by atoms with van der Waals surface area (Å²) in [6.07, 6.45) is 1.69. The van der Waals surface area contributed by atoms with E-state index in [0.29, 0.717) is 16.9 Å². The van der Waals surface area contributed by atoms with Crippen LogP contribution in [0.5, 0.6) is 0 Å². The van der Waals surface area contributed by atoms with Crippen LogP contribution in [0.25, 0.3) is 22.2 Å². The molecule has 10 heteroatoms. The number of carbonyl (C=O) groups is 1. The molecule has 1 saturated heterocycles. The molecule has 1 fully saturated rings. The van der Waals surface area contributed by atoms with E-state index >= 15 is 0 Å². The van der Waals surface area contributed by atoms with E-state index in [1.54, 1.807) is 12.1 Å². The number of fused-ring (bicyclic) bond motifs is 1. The highest BCUT2D eigenvalue weighted by Gasteiger charge is 2.30. The fraction of sp³-hybridized carbons (Fsp3) is 0.231. The molecule has 0 radical (unpaired) electrons. The summed E-state index contributed by atoms with van der Waals surface area (Å²) in [4.78, 5) is 15.8. The van der Waals surface area contributed by atoms with Crippen molar-refractivity contribution in [2.45, 2.75) is 29.8 Å². The number of H-pyrrole nitrogens is 1. The van der Waals surface area contributed by atoms with Gasteiger partial charge in [-0.25, -0.2) is 13.6 Å². The second-order valence-corrected chi connectivity index (χ2v) is 10.6. The average molecular weight is 505 g/mol. The standard InChI is InChI=1S/C26H28N6O3S/c27-19-11-13-32(14-12-19)25(17-5-2-1-3-6-17)26(33)29-20-9-10-23-22(16-20)24(31-30-23)18-7-4-8-21(15-18)36(28,34)35/h1-10,15-16,19,25H,11-14,27H2,(H,29,33)(H,30,31)(H2,28,34,35). The monoisotopic (exact) mass is 504 g/mol. The number of aromatic nitrogens is 2. The van der Waals surface area contributed by atoms with E-state index in [9.17, 15) is 13.2 Å². The number of piperidine rings is 1. The van der Waals surface area contributed by atoms with Gasteiger partial charge in [0.1, 0.15) is 11.7 Å². The number of anilines is 1. The number of nitrogens with zero attached hydrogens (tertiary/aromatic N) is 2. The average Bonchev–Trinajstić information content (AvgIpc) is 3.29. The lowest BCUT2D eigenvalue weighted by Crippen LogP contribution is -2.45. The number of aromatic amines is 1. The predicted molar refractivity (Wildman–Crippen MR) is 139 cm³/mol. The zero-order valence-electron chi connectivity index (χ0n) is 19.6. The summed E-state index contributed by atoms with van der Waals surface area (Å²) >= 11 is 0. The lowest BCUT2D eigenvalue weighted by molar-refractivity contribution is -0.122. The quantitative estimate of drug-likeness (QED) is 0.317. The summed E-state index contributed by atoms with van der Waals surface area (Å²) in [5, 5.41) is 16.5. The molecule has 0 aliphatic carbocycles. The first kappa shape index (κ1) is 24.1. The molecule has 0 spiro atoms. The van der Waals surface area contributed by atoms with Gasteiger partial charge in [0.2, 0.25) is 15.9 Å². The van der Waals surface area contributed by atoms with Gasteiger partial charge in [0.25, 0.3) is 0 Å². The Hall–Kier alpha value is -3.57. The maximum absolute atomic E-state index is 13.6. The Morgan fingerprint density at radius 2 is 1.78 bits per heavy atom. The number of hydrogen-bond donors (Lipinski definition) is 4. The number of carbonyl (C=O) groups excluding carboxylic acids is 1. The van der Waals surface area contributed by atoms with Gasteiger partial charge in [-0.3, -0.25) is 14.8 Å². The van der Waals surface area contributed by atoms with Crippen molar-refractivity contribution in [1.29, 1.82) is 0 Å². The number of benzene rings is 3. The Kier molecular flexibility index (Phi) is 6.59. The molecule has 0 bridgehead atoms. The van der Waals surface area contributed by atoms with E-state index in [2.05, 4.69) is 20.4 Å². The van der Waals surface area contributed by atoms with E-state index < -0.39 is 16.1 Å². The number of rotatable bonds is 6. The minimum absolute atomic E-state index is 0.00700. The largest absolute Gasteiger partial charge is 0.328 e. The van der Waals surface area contributed by atoms with Crippen molar-refractivity contribution >= 4 is 32.5 Å². The number of likely N-dealkylation sites (tertiary alicyclic amines) is 1. The van der Waals surface area contributed by atoms with Crippen molar-refractivity contribution in [3.63, 3.8) is 0 Å². The molecule has 3 aromatic carbocycles. The number of nitrogens with one attached hydrogen (secondary N) is 2. The maximum atomic E-state index is 13.6. The van der Waals surface area contributed by atoms with E-state index in [1.165, 1.54) is 12.1 Å². The van der Waals surface area contributed by atoms with Crippen LogP contribution in [0.3, 0.4) is 0 Å². The van der Waals surface area contributed by atoms with Gasteiger partial charge in [-0.15, -0.1) is 0 Å². The normalized spacial score (nSPS) is 16.2. The zero-order chi connectivity index (χ0) is 25.3. The van der Waals surface area contributed by atoms with Gasteiger partial charge >= 0.3 is 0 Å². The molecule has 5 rings (SSSR count). The van der Waals surface area contributed by atoms with Gasteiger partial charge in [-0.2, -0.15) is 5.10 Å². The van der Waals surface area contributed by atoms with Crippen molar-refractivity contribution in [2.75, 3.05) is 18.4 Å². The molecule has 6 N–H and O–H groups in total. The van der Waals surface area contributed by atoms with Crippen LogP contribution < -0.4 is 16.2 Å². The molecule has 1 aromatic heterocycles. The van der Waals surface area contributed by atoms with Crippen LogP contribution in [-0.2, 0) is 14.8 Å². The summed E-state index contributed by atoms with van der Waals surface area (Å²) in [6, 6.07) is 21.3. The Bertz CT molecular complexity index is 1490. The third-order valence-electron chi connectivity index (χ3n) is 6.57. The van der Waals surface area contributed by atoms with Crippen LogP contribution in [0.4, 0.5) is 5.69 Å². The molecular weight excluding hydrogens is 476 g/mol. The van der Waals surface area contributed by atoms with Crippen LogP contribution >= 0.6 is 0 Å². The van der Waals surface area contributed by atoms with E-state index in [-0.39, 0.29) is 16.8 Å². The number of nitrogens with two attached hydrogens (primary N) is 2. The molecule has 9 nitrogen and oxygen atoms in total. The molecule has 1 atom stereocenters. The fourth-order valence-corrected chi connectivity index (χ4v) is 5.24. The van der Waals surface area contributed by atoms with Crippen LogP contribution in [0.1, 0.15) is 24.4 Å². The van der Waals surface area contributed by atoms with E-state index in [1.807, 2.05) is 48.5 Å². The summed E-state index contributed by atoms with van der Waals surface area (Å²) in [6.45, 7) is 1.50. The molecule has 1 aliphatic rings. The highest BCUT2D eigenvalue weighted by Crippen LogP contribution is 2.31. The highest BCUT2D eigenvalue weighted by molar-refractivity contribution is 7.89.